The number of rotatable bonds is 5. The zero-order valence-corrected chi connectivity index (χ0v) is 14.6. The Kier molecular flexibility index (Phi) is 9.43. The van der Waals surface area contributed by atoms with Crippen molar-refractivity contribution in [2.75, 3.05) is 44.7 Å². The molecule has 1 aliphatic heterocycles. The quantitative estimate of drug-likeness (QED) is 0.822. The van der Waals surface area contributed by atoms with E-state index in [0.29, 0.717) is 13.0 Å². The molecule has 0 spiro atoms. The zero-order valence-electron chi connectivity index (χ0n) is 13.0. The SMILES string of the molecule is COC(CN)CC(=O)N1CCN(c2cnn(C)c2)CC1.Cl.Cl. The molecule has 2 N–H and O–H groups in total. The number of hydrogen-bond donors (Lipinski definition) is 1. The first kappa shape index (κ1) is 21.0. The first-order valence-electron chi connectivity index (χ1n) is 6.88. The Morgan fingerprint density at radius 2 is 2.00 bits per heavy atom. The number of nitrogens with two attached hydrogens (primary N) is 1. The fourth-order valence-electron chi connectivity index (χ4n) is 2.37. The van der Waals surface area contributed by atoms with Gasteiger partial charge in [-0.2, -0.15) is 5.10 Å². The lowest BCUT2D eigenvalue weighted by molar-refractivity contribution is -0.133. The number of aromatic nitrogens is 2. The van der Waals surface area contributed by atoms with Crippen LogP contribution >= 0.6 is 24.8 Å². The van der Waals surface area contributed by atoms with Crippen molar-refractivity contribution in [3.63, 3.8) is 0 Å². The van der Waals surface area contributed by atoms with E-state index in [1.165, 1.54) is 0 Å². The third-order valence-corrected chi connectivity index (χ3v) is 3.69. The van der Waals surface area contributed by atoms with Gasteiger partial charge in [0.2, 0.25) is 5.91 Å². The van der Waals surface area contributed by atoms with Gasteiger partial charge in [0.1, 0.15) is 0 Å². The van der Waals surface area contributed by atoms with Crippen LogP contribution in [0, 0.1) is 0 Å². The summed E-state index contributed by atoms with van der Waals surface area (Å²) in [7, 11) is 3.49. The van der Waals surface area contributed by atoms with Crippen LogP contribution in [0.2, 0.25) is 0 Å². The Bertz CT molecular complexity index is 445. The van der Waals surface area contributed by atoms with E-state index in [9.17, 15) is 4.79 Å². The van der Waals surface area contributed by atoms with Crippen LogP contribution in [-0.2, 0) is 16.6 Å². The maximum Gasteiger partial charge on any atom is 0.225 e. The Balaban J connectivity index is 0.00000220. The van der Waals surface area contributed by atoms with Crippen LogP contribution in [0.25, 0.3) is 0 Å². The number of ether oxygens (including phenoxy) is 1. The highest BCUT2D eigenvalue weighted by Gasteiger charge is 2.23. The monoisotopic (exact) mass is 353 g/mol. The molecule has 128 valence electrons. The van der Waals surface area contributed by atoms with Crippen molar-refractivity contribution in [1.82, 2.24) is 14.7 Å². The minimum Gasteiger partial charge on any atom is -0.380 e. The summed E-state index contributed by atoms with van der Waals surface area (Å²) >= 11 is 0. The first-order chi connectivity index (χ1) is 9.63. The summed E-state index contributed by atoms with van der Waals surface area (Å²) in [5.74, 6) is 0.119. The van der Waals surface area contributed by atoms with Crippen LogP contribution in [0.15, 0.2) is 12.4 Å². The summed E-state index contributed by atoms with van der Waals surface area (Å²) in [6.45, 7) is 3.50. The predicted molar refractivity (Wildman–Crippen MR) is 91.0 cm³/mol. The molecule has 1 fully saturated rings. The topological polar surface area (TPSA) is 76.6 Å². The average molecular weight is 354 g/mol. The van der Waals surface area contributed by atoms with Crippen molar-refractivity contribution in [2.45, 2.75) is 12.5 Å². The lowest BCUT2D eigenvalue weighted by atomic mass is 10.2. The number of nitrogens with zero attached hydrogens (tertiary/aromatic N) is 4. The van der Waals surface area contributed by atoms with Crippen molar-refractivity contribution >= 4 is 36.4 Å². The number of aryl methyl sites for hydroxylation is 1. The van der Waals surface area contributed by atoms with Crippen molar-refractivity contribution in [1.29, 1.82) is 0 Å². The van der Waals surface area contributed by atoms with Gasteiger partial charge in [-0.15, -0.1) is 24.8 Å². The van der Waals surface area contributed by atoms with E-state index >= 15 is 0 Å². The van der Waals surface area contributed by atoms with Gasteiger partial charge in [-0.3, -0.25) is 9.48 Å². The molecule has 0 aromatic carbocycles. The van der Waals surface area contributed by atoms with Crippen molar-refractivity contribution in [3.8, 4) is 0 Å². The molecule has 1 atom stereocenters. The molecule has 0 saturated carbocycles. The van der Waals surface area contributed by atoms with Gasteiger partial charge in [-0.05, 0) is 0 Å². The van der Waals surface area contributed by atoms with Gasteiger partial charge in [0.15, 0.2) is 0 Å². The third-order valence-electron chi connectivity index (χ3n) is 3.69. The Hall–Kier alpha value is -1.02. The molecule has 0 aliphatic carbocycles. The molecule has 9 heteroatoms. The number of hydrogen-bond acceptors (Lipinski definition) is 5. The molecular weight excluding hydrogens is 329 g/mol. The van der Waals surface area contributed by atoms with E-state index in [2.05, 4.69) is 10.00 Å². The van der Waals surface area contributed by atoms with Crippen molar-refractivity contribution in [3.05, 3.63) is 12.4 Å². The van der Waals surface area contributed by atoms with Gasteiger partial charge in [0.05, 0.1) is 24.4 Å². The summed E-state index contributed by atoms with van der Waals surface area (Å²) in [6.07, 6.45) is 4.03. The van der Waals surface area contributed by atoms with Gasteiger partial charge in [-0.1, -0.05) is 0 Å². The van der Waals surface area contributed by atoms with E-state index in [-0.39, 0.29) is 36.8 Å². The maximum atomic E-state index is 12.1. The van der Waals surface area contributed by atoms with Gasteiger partial charge < -0.3 is 20.3 Å². The molecule has 22 heavy (non-hydrogen) atoms. The smallest absolute Gasteiger partial charge is 0.225 e. The summed E-state index contributed by atoms with van der Waals surface area (Å²) in [5, 5.41) is 4.17. The normalized spacial score (nSPS) is 15.8. The number of carbonyl (C=O) groups is 1. The number of anilines is 1. The molecule has 1 unspecified atom stereocenters. The molecule has 1 aliphatic rings. The second-order valence-electron chi connectivity index (χ2n) is 5.04. The number of piperazine rings is 1. The maximum absolute atomic E-state index is 12.1. The third kappa shape index (κ3) is 5.31. The predicted octanol–water partition coefficient (Wildman–Crippen LogP) is 0.276. The molecule has 1 saturated heterocycles. The average Bonchev–Trinajstić information content (AvgIpc) is 2.91. The molecule has 7 nitrogen and oxygen atoms in total. The highest BCUT2D eigenvalue weighted by Crippen LogP contribution is 2.15. The number of amides is 1. The second-order valence-corrected chi connectivity index (χ2v) is 5.04. The van der Waals surface area contributed by atoms with Crippen LogP contribution < -0.4 is 10.6 Å². The fraction of sp³-hybridized carbons (Fsp3) is 0.692. The highest BCUT2D eigenvalue weighted by molar-refractivity contribution is 5.85. The fourth-order valence-corrected chi connectivity index (χ4v) is 2.37. The highest BCUT2D eigenvalue weighted by atomic mass is 35.5. The minimum atomic E-state index is -0.182. The van der Waals surface area contributed by atoms with E-state index in [1.54, 1.807) is 11.8 Å². The van der Waals surface area contributed by atoms with E-state index in [4.69, 9.17) is 10.5 Å². The molecule has 0 bridgehead atoms. The summed E-state index contributed by atoms with van der Waals surface area (Å²) in [5.41, 5.74) is 6.66. The zero-order chi connectivity index (χ0) is 14.5. The molecule has 2 rings (SSSR count). The first-order valence-corrected chi connectivity index (χ1v) is 6.88. The molecule has 0 radical (unpaired) electrons. The van der Waals surface area contributed by atoms with Gasteiger partial charge >= 0.3 is 0 Å². The van der Waals surface area contributed by atoms with E-state index in [0.717, 1.165) is 31.9 Å². The molecular formula is C13H25Cl2N5O2. The summed E-state index contributed by atoms with van der Waals surface area (Å²) < 4.78 is 6.95. The van der Waals surface area contributed by atoms with Crippen LogP contribution in [-0.4, -0.2) is 66.5 Å². The van der Waals surface area contributed by atoms with Crippen LogP contribution in [0.1, 0.15) is 6.42 Å². The van der Waals surface area contributed by atoms with Crippen LogP contribution in [0.3, 0.4) is 0 Å². The van der Waals surface area contributed by atoms with Gasteiger partial charge in [0, 0.05) is 53.1 Å². The Morgan fingerprint density at radius 3 is 2.45 bits per heavy atom. The minimum absolute atomic E-state index is 0. The largest absolute Gasteiger partial charge is 0.380 e. The van der Waals surface area contributed by atoms with E-state index in [1.807, 2.05) is 24.3 Å². The van der Waals surface area contributed by atoms with Crippen molar-refractivity contribution < 1.29 is 9.53 Å². The lowest BCUT2D eigenvalue weighted by Crippen LogP contribution is -2.49. The van der Waals surface area contributed by atoms with Gasteiger partial charge in [-0.25, -0.2) is 0 Å². The standard InChI is InChI=1S/C13H23N5O2.2ClH/c1-16-10-11(9-15-16)17-3-5-18(6-4-17)13(19)7-12(8-14)20-2;;/h9-10,12H,3-8,14H2,1-2H3;2*1H. The molecule has 1 aromatic rings. The molecule has 2 heterocycles. The molecule has 1 amide bonds. The summed E-state index contributed by atoms with van der Waals surface area (Å²) in [4.78, 5) is 16.3. The van der Waals surface area contributed by atoms with Crippen LogP contribution in [0.5, 0.6) is 0 Å². The Morgan fingerprint density at radius 1 is 1.36 bits per heavy atom. The van der Waals surface area contributed by atoms with E-state index < -0.39 is 0 Å². The van der Waals surface area contributed by atoms with Crippen molar-refractivity contribution in [2.24, 2.45) is 12.8 Å². The number of halogens is 2. The Labute approximate surface area is 143 Å². The van der Waals surface area contributed by atoms with Crippen LogP contribution in [0.4, 0.5) is 5.69 Å². The number of methoxy groups -OCH3 is 1. The lowest BCUT2D eigenvalue weighted by Gasteiger charge is -2.35. The summed E-state index contributed by atoms with van der Waals surface area (Å²) in [6, 6.07) is 0. The van der Waals surface area contributed by atoms with Gasteiger partial charge in [0.25, 0.3) is 0 Å². The molecule has 1 aromatic heterocycles. The second kappa shape index (κ2) is 9.89. The number of carbonyl (C=O) groups excluding carboxylic acids is 1.